The van der Waals surface area contributed by atoms with E-state index >= 15 is 0 Å². The van der Waals surface area contributed by atoms with Gasteiger partial charge in [0.15, 0.2) is 11.5 Å². The molecule has 0 aliphatic carbocycles. The molecule has 24 heavy (non-hydrogen) atoms. The van der Waals surface area contributed by atoms with Crippen LogP contribution in [0.15, 0.2) is 47.6 Å². The summed E-state index contributed by atoms with van der Waals surface area (Å²) in [6.45, 7) is 0. The minimum absolute atomic E-state index is 0.322. The lowest BCUT2D eigenvalue weighted by Gasteiger charge is -2.11. The smallest absolute Gasteiger partial charge is 0.271 e. The number of hydrazone groups is 1. The Balaban J connectivity index is 2.02. The van der Waals surface area contributed by atoms with E-state index in [0.717, 1.165) is 11.3 Å². The zero-order valence-electron chi connectivity index (χ0n) is 14.2. The number of ether oxygens (including phenoxy) is 2. The number of nitrogens with one attached hydrogen (secondary N) is 1. The maximum Gasteiger partial charge on any atom is 0.271 e. The zero-order valence-corrected chi connectivity index (χ0v) is 14.2. The lowest BCUT2D eigenvalue weighted by Crippen LogP contribution is -2.17. The highest BCUT2D eigenvalue weighted by Gasteiger charge is 2.09. The number of hydrogen-bond donors (Lipinski definition) is 1. The summed E-state index contributed by atoms with van der Waals surface area (Å²) in [7, 11) is 7.03. The molecule has 2 aromatic carbocycles. The molecule has 1 N–H and O–H groups in total. The monoisotopic (exact) mass is 327 g/mol. The van der Waals surface area contributed by atoms with Crippen molar-refractivity contribution in [3.8, 4) is 11.5 Å². The normalized spacial score (nSPS) is 10.5. The number of benzene rings is 2. The standard InChI is InChI=1S/C18H21N3O3/c1-21(2)15-8-5-13(6-9-15)12-19-20-18(22)14-7-10-16(23-3)17(11-14)24-4/h5-12H,1-4H3,(H,20,22). The van der Waals surface area contributed by atoms with Crippen LogP contribution in [0.25, 0.3) is 0 Å². The van der Waals surface area contributed by atoms with E-state index in [4.69, 9.17) is 9.47 Å². The molecule has 0 aliphatic rings. The molecular formula is C18H21N3O3. The van der Waals surface area contributed by atoms with Crippen LogP contribution in [0.5, 0.6) is 11.5 Å². The molecule has 0 atom stereocenters. The maximum absolute atomic E-state index is 12.1. The van der Waals surface area contributed by atoms with Crippen LogP contribution in [-0.2, 0) is 0 Å². The molecule has 0 bridgehead atoms. The van der Waals surface area contributed by atoms with Gasteiger partial charge >= 0.3 is 0 Å². The molecule has 0 saturated carbocycles. The van der Waals surface area contributed by atoms with E-state index in [2.05, 4.69) is 10.5 Å². The van der Waals surface area contributed by atoms with Crippen molar-refractivity contribution in [1.82, 2.24) is 5.43 Å². The maximum atomic E-state index is 12.1. The van der Waals surface area contributed by atoms with Gasteiger partial charge in [0.2, 0.25) is 0 Å². The fourth-order valence-corrected chi connectivity index (χ4v) is 2.07. The number of nitrogens with zero attached hydrogens (tertiary/aromatic N) is 2. The van der Waals surface area contributed by atoms with E-state index in [-0.39, 0.29) is 5.91 Å². The lowest BCUT2D eigenvalue weighted by atomic mass is 10.2. The summed E-state index contributed by atoms with van der Waals surface area (Å²) >= 11 is 0. The lowest BCUT2D eigenvalue weighted by molar-refractivity contribution is 0.0954. The number of methoxy groups -OCH3 is 2. The number of rotatable bonds is 6. The van der Waals surface area contributed by atoms with E-state index in [9.17, 15) is 4.79 Å². The number of carbonyl (C=O) groups excluding carboxylic acids is 1. The molecule has 0 radical (unpaired) electrons. The summed E-state index contributed by atoms with van der Waals surface area (Å²) in [5.74, 6) is 0.740. The quantitative estimate of drug-likeness (QED) is 0.654. The van der Waals surface area contributed by atoms with Gasteiger partial charge in [0.25, 0.3) is 5.91 Å². The van der Waals surface area contributed by atoms with Crippen LogP contribution in [0.1, 0.15) is 15.9 Å². The first-order valence-electron chi connectivity index (χ1n) is 7.38. The molecular weight excluding hydrogens is 306 g/mol. The van der Waals surface area contributed by atoms with Crippen molar-refractivity contribution < 1.29 is 14.3 Å². The highest BCUT2D eigenvalue weighted by Crippen LogP contribution is 2.27. The predicted molar refractivity (Wildman–Crippen MR) is 95.4 cm³/mol. The van der Waals surface area contributed by atoms with Crippen LogP contribution in [0.4, 0.5) is 5.69 Å². The Morgan fingerprint density at radius 3 is 2.29 bits per heavy atom. The molecule has 0 fully saturated rings. The van der Waals surface area contributed by atoms with Gasteiger partial charge in [-0.05, 0) is 35.9 Å². The topological polar surface area (TPSA) is 63.2 Å². The van der Waals surface area contributed by atoms with Crippen molar-refractivity contribution in [3.05, 3.63) is 53.6 Å². The molecule has 6 nitrogen and oxygen atoms in total. The van der Waals surface area contributed by atoms with Gasteiger partial charge in [-0.2, -0.15) is 5.10 Å². The molecule has 2 aromatic rings. The van der Waals surface area contributed by atoms with E-state index < -0.39 is 0 Å². The first kappa shape index (κ1) is 17.3. The summed E-state index contributed by atoms with van der Waals surface area (Å²) in [5, 5.41) is 3.98. The third-order valence-corrected chi connectivity index (χ3v) is 3.43. The Morgan fingerprint density at radius 2 is 1.71 bits per heavy atom. The van der Waals surface area contributed by atoms with Crippen LogP contribution >= 0.6 is 0 Å². The van der Waals surface area contributed by atoms with Gasteiger partial charge in [-0.1, -0.05) is 12.1 Å². The van der Waals surface area contributed by atoms with Crippen LogP contribution in [0, 0.1) is 0 Å². The minimum Gasteiger partial charge on any atom is -0.493 e. The first-order valence-corrected chi connectivity index (χ1v) is 7.38. The molecule has 0 spiro atoms. The Hall–Kier alpha value is -3.02. The number of carbonyl (C=O) groups is 1. The second-order valence-electron chi connectivity index (χ2n) is 5.25. The fourth-order valence-electron chi connectivity index (χ4n) is 2.07. The van der Waals surface area contributed by atoms with Crippen molar-refractivity contribution in [1.29, 1.82) is 0 Å². The fraction of sp³-hybridized carbons (Fsp3) is 0.222. The van der Waals surface area contributed by atoms with Crippen molar-refractivity contribution in [3.63, 3.8) is 0 Å². The average molecular weight is 327 g/mol. The van der Waals surface area contributed by atoms with Gasteiger partial charge < -0.3 is 14.4 Å². The number of hydrogen-bond acceptors (Lipinski definition) is 5. The van der Waals surface area contributed by atoms with Gasteiger partial charge in [0.1, 0.15) is 0 Å². The number of amides is 1. The summed E-state index contributed by atoms with van der Waals surface area (Å²) in [4.78, 5) is 14.1. The minimum atomic E-state index is -0.322. The third-order valence-electron chi connectivity index (χ3n) is 3.43. The third kappa shape index (κ3) is 4.25. The molecule has 126 valence electrons. The van der Waals surface area contributed by atoms with Crippen molar-refractivity contribution >= 4 is 17.8 Å². The Kier molecular flexibility index (Phi) is 5.78. The van der Waals surface area contributed by atoms with Gasteiger partial charge in [-0.15, -0.1) is 0 Å². The van der Waals surface area contributed by atoms with Crippen LogP contribution in [0.2, 0.25) is 0 Å². The highest BCUT2D eigenvalue weighted by molar-refractivity contribution is 5.95. The van der Waals surface area contributed by atoms with Crippen LogP contribution in [0.3, 0.4) is 0 Å². The van der Waals surface area contributed by atoms with Crippen LogP contribution < -0.4 is 19.8 Å². The highest BCUT2D eigenvalue weighted by atomic mass is 16.5. The van der Waals surface area contributed by atoms with E-state index in [1.54, 1.807) is 31.5 Å². The summed E-state index contributed by atoms with van der Waals surface area (Å²) in [6.07, 6.45) is 1.60. The Morgan fingerprint density at radius 1 is 1.04 bits per heavy atom. The Labute approximate surface area is 141 Å². The summed E-state index contributed by atoms with van der Waals surface area (Å²) in [5.41, 5.74) is 4.93. The molecule has 0 heterocycles. The van der Waals surface area contributed by atoms with Gasteiger partial charge in [0, 0.05) is 25.3 Å². The molecule has 1 amide bonds. The predicted octanol–water partition coefficient (Wildman–Crippen LogP) is 2.53. The van der Waals surface area contributed by atoms with Crippen molar-refractivity contribution in [2.75, 3.05) is 33.2 Å². The Bertz CT molecular complexity index is 725. The average Bonchev–Trinajstić information content (AvgIpc) is 2.61. The first-order chi connectivity index (χ1) is 11.5. The second-order valence-corrected chi connectivity index (χ2v) is 5.25. The van der Waals surface area contributed by atoms with Crippen molar-refractivity contribution in [2.45, 2.75) is 0 Å². The van der Waals surface area contributed by atoms with E-state index in [1.807, 2.05) is 43.3 Å². The van der Waals surface area contributed by atoms with Gasteiger partial charge in [-0.25, -0.2) is 5.43 Å². The van der Waals surface area contributed by atoms with Crippen molar-refractivity contribution in [2.24, 2.45) is 5.10 Å². The molecule has 0 saturated heterocycles. The molecule has 0 aliphatic heterocycles. The SMILES string of the molecule is COc1ccc(C(=O)NN=Cc2ccc(N(C)C)cc2)cc1OC. The zero-order chi connectivity index (χ0) is 17.5. The molecule has 2 rings (SSSR count). The molecule has 0 unspecified atom stereocenters. The van der Waals surface area contributed by atoms with Crippen LogP contribution in [-0.4, -0.2) is 40.4 Å². The molecule has 6 heteroatoms. The summed E-state index contributed by atoms with van der Waals surface area (Å²) in [6, 6.07) is 12.8. The van der Waals surface area contributed by atoms with E-state index in [1.165, 1.54) is 7.11 Å². The van der Waals surface area contributed by atoms with Gasteiger partial charge in [-0.3, -0.25) is 4.79 Å². The van der Waals surface area contributed by atoms with Gasteiger partial charge in [0.05, 0.1) is 20.4 Å². The van der Waals surface area contributed by atoms with E-state index in [0.29, 0.717) is 17.1 Å². The number of anilines is 1. The summed E-state index contributed by atoms with van der Waals surface area (Å²) < 4.78 is 10.3. The second kappa shape index (κ2) is 8.01. The molecule has 0 aromatic heterocycles. The largest absolute Gasteiger partial charge is 0.493 e.